The predicted octanol–water partition coefficient (Wildman–Crippen LogP) is 2.46. The minimum absolute atomic E-state index is 0.0187. The zero-order chi connectivity index (χ0) is 21.6. The third kappa shape index (κ3) is 5.32. The zero-order valence-electron chi connectivity index (χ0n) is 16.3. The summed E-state index contributed by atoms with van der Waals surface area (Å²) in [7, 11) is -2.36. The molecule has 1 aromatic heterocycles. The molecule has 1 heterocycles. The monoisotopic (exact) mass is 448 g/mol. The maximum absolute atomic E-state index is 12.4. The molecule has 0 atom stereocenters. The Morgan fingerprint density at radius 1 is 1.07 bits per heavy atom. The molecule has 0 unspecified atom stereocenters. The van der Waals surface area contributed by atoms with E-state index in [1.54, 1.807) is 36.4 Å². The van der Waals surface area contributed by atoms with Crippen LogP contribution in [0, 0.1) is 6.92 Å². The van der Waals surface area contributed by atoms with Gasteiger partial charge in [0.15, 0.2) is 11.5 Å². The summed E-state index contributed by atoms with van der Waals surface area (Å²) in [6.45, 7) is 1.92. The number of nitrogens with zero attached hydrogens (tertiary/aromatic N) is 2. The average Bonchev–Trinajstić information content (AvgIpc) is 3.21. The van der Waals surface area contributed by atoms with E-state index in [1.165, 1.54) is 7.11 Å². The van der Waals surface area contributed by atoms with Crippen molar-refractivity contribution in [3.05, 3.63) is 59.7 Å². The van der Waals surface area contributed by atoms with E-state index in [0.29, 0.717) is 17.1 Å². The van der Waals surface area contributed by atoms with Crippen LogP contribution in [0.2, 0.25) is 0 Å². The topological polar surface area (TPSA) is 120 Å². The van der Waals surface area contributed by atoms with Crippen molar-refractivity contribution in [2.24, 2.45) is 0 Å². The van der Waals surface area contributed by atoms with Gasteiger partial charge in [-0.25, -0.2) is 13.1 Å². The molecule has 0 fully saturated rings. The normalized spacial score (nSPS) is 11.1. The maximum atomic E-state index is 12.4. The van der Waals surface area contributed by atoms with Crippen molar-refractivity contribution in [2.45, 2.75) is 11.3 Å². The molecule has 0 aliphatic rings. The molecule has 0 aliphatic heterocycles. The summed E-state index contributed by atoms with van der Waals surface area (Å²) in [6.07, 6.45) is 0. The van der Waals surface area contributed by atoms with Gasteiger partial charge >= 0.3 is 0 Å². The lowest BCUT2D eigenvalue weighted by molar-refractivity contribution is 0.102. The fourth-order valence-electron chi connectivity index (χ4n) is 2.50. The number of sulfonamides is 1. The summed E-state index contributed by atoms with van der Waals surface area (Å²) in [5, 5.41) is 10.1. The number of amides is 1. The second kappa shape index (κ2) is 9.65. The van der Waals surface area contributed by atoms with Crippen LogP contribution in [-0.2, 0) is 10.0 Å². The Balaban J connectivity index is 1.56. The minimum atomic E-state index is -3.89. The SMILES string of the molecule is COc1ccccc1OCCNS(=O)(=O)c1nnc(NC(=O)c2ccccc2C)s1. The summed E-state index contributed by atoms with van der Waals surface area (Å²) in [5.74, 6) is 0.682. The Morgan fingerprint density at radius 2 is 1.77 bits per heavy atom. The van der Waals surface area contributed by atoms with Gasteiger partial charge in [0.25, 0.3) is 15.9 Å². The third-order valence-corrected chi connectivity index (χ3v) is 6.63. The quantitative estimate of drug-likeness (QED) is 0.381. The molecule has 1 amide bonds. The van der Waals surface area contributed by atoms with Crippen molar-refractivity contribution >= 4 is 32.4 Å². The van der Waals surface area contributed by atoms with Crippen LogP contribution in [0.15, 0.2) is 52.9 Å². The van der Waals surface area contributed by atoms with E-state index >= 15 is 0 Å². The van der Waals surface area contributed by atoms with Gasteiger partial charge in [0.05, 0.1) is 7.11 Å². The first-order chi connectivity index (χ1) is 14.4. The molecule has 9 nitrogen and oxygen atoms in total. The standard InChI is InChI=1S/C19H20N4O5S2/c1-13-7-3-4-8-14(13)17(24)21-18-22-23-19(29-18)30(25,26)20-11-12-28-16-10-6-5-9-15(16)27-2/h3-10,20H,11-12H2,1-2H3,(H,21,22,24). The molecule has 11 heteroatoms. The van der Waals surface area contributed by atoms with Crippen LogP contribution in [0.5, 0.6) is 11.5 Å². The Morgan fingerprint density at radius 3 is 2.50 bits per heavy atom. The van der Waals surface area contributed by atoms with E-state index in [4.69, 9.17) is 9.47 Å². The second-order valence-corrected chi connectivity index (χ2v) is 8.96. The minimum Gasteiger partial charge on any atom is -0.493 e. The molecule has 0 bridgehead atoms. The lowest BCUT2D eigenvalue weighted by Gasteiger charge is -2.10. The lowest BCUT2D eigenvalue weighted by Crippen LogP contribution is -2.28. The average molecular weight is 449 g/mol. The number of ether oxygens (including phenoxy) is 2. The van der Waals surface area contributed by atoms with Gasteiger partial charge in [-0.05, 0) is 30.7 Å². The van der Waals surface area contributed by atoms with Crippen LogP contribution in [-0.4, -0.2) is 44.8 Å². The molecule has 0 radical (unpaired) electrons. The van der Waals surface area contributed by atoms with Gasteiger partial charge in [-0.15, -0.1) is 10.2 Å². The van der Waals surface area contributed by atoms with Crippen LogP contribution < -0.4 is 19.5 Å². The number of hydrogen-bond acceptors (Lipinski definition) is 8. The molecule has 2 aromatic carbocycles. The Labute approximate surface area is 178 Å². The van der Waals surface area contributed by atoms with Gasteiger partial charge in [0.2, 0.25) is 9.47 Å². The van der Waals surface area contributed by atoms with Crippen molar-refractivity contribution in [3.63, 3.8) is 0 Å². The maximum Gasteiger partial charge on any atom is 0.269 e. The zero-order valence-corrected chi connectivity index (χ0v) is 17.9. The Bertz CT molecular complexity index is 1130. The van der Waals surface area contributed by atoms with Crippen LogP contribution in [0.25, 0.3) is 0 Å². The highest BCUT2D eigenvalue weighted by Gasteiger charge is 2.21. The van der Waals surface area contributed by atoms with Crippen molar-refractivity contribution in [3.8, 4) is 11.5 Å². The first-order valence-electron chi connectivity index (χ1n) is 8.86. The largest absolute Gasteiger partial charge is 0.493 e. The van der Waals surface area contributed by atoms with Gasteiger partial charge in [0.1, 0.15) is 6.61 Å². The number of nitrogens with one attached hydrogen (secondary N) is 2. The van der Waals surface area contributed by atoms with Gasteiger partial charge in [0, 0.05) is 12.1 Å². The molecule has 3 aromatic rings. The highest BCUT2D eigenvalue weighted by Crippen LogP contribution is 2.25. The van der Waals surface area contributed by atoms with E-state index in [1.807, 2.05) is 19.1 Å². The fraction of sp³-hybridized carbons (Fsp3) is 0.211. The van der Waals surface area contributed by atoms with Gasteiger partial charge in [-0.2, -0.15) is 0 Å². The third-order valence-electron chi connectivity index (χ3n) is 3.97. The first kappa shape index (κ1) is 21.7. The molecule has 0 spiro atoms. The summed E-state index contributed by atoms with van der Waals surface area (Å²) >= 11 is 0.764. The smallest absolute Gasteiger partial charge is 0.269 e. The molecule has 2 N–H and O–H groups in total. The number of aromatic nitrogens is 2. The molecule has 158 valence electrons. The van der Waals surface area contributed by atoms with Crippen molar-refractivity contribution in [1.29, 1.82) is 0 Å². The highest BCUT2D eigenvalue weighted by molar-refractivity contribution is 7.91. The molecular formula is C19H20N4O5S2. The number of carbonyl (C=O) groups excluding carboxylic acids is 1. The van der Waals surface area contributed by atoms with Crippen LogP contribution in [0.3, 0.4) is 0 Å². The first-order valence-corrected chi connectivity index (χ1v) is 11.2. The van der Waals surface area contributed by atoms with Crippen LogP contribution >= 0.6 is 11.3 Å². The van der Waals surface area contributed by atoms with E-state index in [2.05, 4.69) is 20.2 Å². The van der Waals surface area contributed by atoms with Crippen molar-refractivity contribution in [1.82, 2.24) is 14.9 Å². The molecule has 0 saturated heterocycles. The summed E-state index contributed by atoms with van der Waals surface area (Å²) in [4.78, 5) is 12.3. The highest BCUT2D eigenvalue weighted by atomic mass is 32.2. The summed E-state index contributed by atoms with van der Waals surface area (Å²) < 4.78 is 37.6. The van der Waals surface area contributed by atoms with Gasteiger partial charge in [-0.3, -0.25) is 10.1 Å². The van der Waals surface area contributed by atoms with Gasteiger partial charge < -0.3 is 9.47 Å². The van der Waals surface area contributed by atoms with Gasteiger partial charge in [-0.1, -0.05) is 41.7 Å². The van der Waals surface area contributed by atoms with E-state index in [-0.39, 0.29) is 28.5 Å². The Hall–Kier alpha value is -3.02. The van der Waals surface area contributed by atoms with Crippen LogP contribution in [0.4, 0.5) is 5.13 Å². The predicted molar refractivity (Wildman–Crippen MR) is 113 cm³/mol. The van der Waals surface area contributed by atoms with E-state index in [9.17, 15) is 13.2 Å². The number of aryl methyl sites for hydroxylation is 1. The number of hydrogen-bond donors (Lipinski definition) is 2. The summed E-state index contributed by atoms with van der Waals surface area (Å²) in [5.41, 5.74) is 1.27. The fourth-order valence-corrected chi connectivity index (χ4v) is 4.45. The molecule has 3 rings (SSSR count). The molecular weight excluding hydrogens is 428 g/mol. The number of para-hydroxylation sites is 2. The second-order valence-electron chi connectivity index (χ2n) is 6.04. The molecule has 0 aliphatic carbocycles. The Kier molecular flexibility index (Phi) is 6.98. The number of carbonyl (C=O) groups is 1. The molecule has 0 saturated carbocycles. The number of methoxy groups -OCH3 is 1. The van der Waals surface area contributed by atoms with E-state index in [0.717, 1.165) is 16.9 Å². The van der Waals surface area contributed by atoms with Crippen LogP contribution in [0.1, 0.15) is 15.9 Å². The van der Waals surface area contributed by atoms with E-state index < -0.39 is 10.0 Å². The number of anilines is 1. The van der Waals surface area contributed by atoms with Crippen molar-refractivity contribution < 1.29 is 22.7 Å². The lowest BCUT2D eigenvalue weighted by atomic mass is 10.1. The summed E-state index contributed by atoms with van der Waals surface area (Å²) in [6, 6.07) is 14.1. The number of benzene rings is 2. The number of rotatable bonds is 9. The molecule has 30 heavy (non-hydrogen) atoms. The van der Waals surface area contributed by atoms with Crippen molar-refractivity contribution in [2.75, 3.05) is 25.6 Å².